The Morgan fingerprint density at radius 1 is 1.22 bits per heavy atom. The lowest BCUT2D eigenvalue weighted by molar-refractivity contribution is -0.895. The summed E-state index contributed by atoms with van der Waals surface area (Å²) in [7, 11) is -3.60. The highest BCUT2D eigenvalue weighted by atomic mass is 35.5. The third-order valence-electron chi connectivity index (χ3n) is 4.02. The van der Waals surface area contributed by atoms with Crippen molar-refractivity contribution in [1.82, 2.24) is 14.9 Å². The van der Waals surface area contributed by atoms with E-state index >= 15 is 0 Å². The van der Waals surface area contributed by atoms with Crippen LogP contribution in [0.1, 0.15) is 20.8 Å². The van der Waals surface area contributed by atoms with Crippen LogP contribution in [-0.2, 0) is 14.8 Å². The molecule has 0 bridgehead atoms. The predicted octanol–water partition coefficient (Wildman–Crippen LogP) is -0.146. The molecule has 1 saturated heterocycles. The maximum Gasteiger partial charge on any atom is 0.322 e. The van der Waals surface area contributed by atoms with Crippen LogP contribution in [0, 0.1) is 0 Å². The molecule has 0 aliphatic carbocycles. The minimum absolute atomic E-state index is 0.114. The van der Waals surface area contributed by atoms with Crippen molar-refractivity contribution in [2.24, 2.45) is 0 Å². The van der Waals surface area contributed by atoms with Gasteiger partial charge in [0.25, 0.3) is 5.91 Å². The number of nitrogens with zero attached hydrogens (tertiary/aromatic N) is 1. The van der Waals surface area contributed by atoms with Crippen molar-refractivity contribution in [3.05, 3.63) is 29.3 Å². The zero-order chi connectivity index (χ0) is 20.2. The van der Waals surface area contributed by atoms with E-state index in [4.69, 9.17) is 11.6 Å². The fraction of sp³-hybridized carbons (Fsp3) is 0.529. The van der Waals surface area contributed by atoms with Crippen molar-refractivity contribution in [1.29, 1.82) is 0 Å². The van der Waals surface area contributed by atoms with Gasteiger partial charge in [0.05, 0.1) is 31.1 Å². The van der Waals surface area contributed by atoms with E-state index in [0.29, 0.717) is 31.2 Å². The van der Waals surface area contributed by atoms with Gasteiger partial charge >= 0.3 is 6.03 Å². The Morgan fingerprint density at radius 3 is 2.41 bits per heavy atom. The molecular formula is C17H26ClN4O4S+. The number of halogens is 1. The molecule has 3 amide bonds. The van der Waals surface area contributed by atoms with Gasteiger partial charge in [-0.05, 0) is 39.0 Å². The van der Waals surface area contributed by atoms with Gasteiger partial charge in [-0.2, -0.15) is 4.31 Å². The molecule has 10 heteroatoms. The molecule has 1 aromatic rings. The van der Waals surface area contributed by atoms with E-state index in [0.717, 1.165) is 4.90 Å². The molecular weight excluding hydrogens is 392 g/mol. The molecule has 0 saturated carbocycles. The molecule has 0 atom stereocenters. The number of piperazine rings is 1. The lowest BCUT2D eigenvalue weighted by Gasteiger charge is -2.31. The first-order valence-electron chi connectivity index (χ1n) is 8.69. The minimum atomic E-state index is -3.60. The first-order valence-corrected chi connectivity index (χ1v) is 10.5. The van der Waals surface area contributed by atoms with Crippen LogP contribution >= 0.6 is 11.6 Å². The number of imide groups is 1. The van der Waals surface area contributed by atoms with E-state index in [1.165, 1.54) is 16.4 Å². The molecule has 0 unspecified atom stereocenters. The summed E-state index contributed by atoms with van der Waals surface area (Å²) in [5.41, 5.74) is -0.433. The van der Waals surface area contributed by atoms with Crippen LogP contribution in [0.15, 0.2) is 29.2 Å². The van der Waals surface area contributed by atoms with Gasteiger partial charge in [-0.1, -0.05) is 17.7 Å². The summed E-state index contributed by atoms with van der Waals surface area (Å²) < 4.78 is 26.7. The molecule has 2 rings (SSSR count). The Morgan fingerprint density at radius 2 is 1.85 bits per heavy atom. The van der Waals surface area contributed by atoms with Crippen molar-refractivity contribution in [2.75, 3.05) is 32.7 Å². The summed E-state index contributed by atoms with van der Waals surface area (Å²) >= 11 is 5.89. The van der Waals surface area contributed by atoms with Crippen LogP contribution in [0.5, 0.6) is 0 Å². The van der Waals surface area contributed by atoms with E-state index in [9.17, 15) is 18.0 Å². The zero-order valence-electron chi connectivity index (χ0n) is 15.7. The molecule has 1 aliphatic heterocycles. The Balaban J connectivity index is 1.86. The number of hydrogen-bond acceptors (Lipinski definition) is 4. The molecule has 150 valence electrons. The number of hydrogen-bond donors (Lipinski definition) is 3. The molecule has 27 heavy (non-hydrogen) atoms. The van der Waals surface area contributed by atoms with Gasteiger partial charge in [0.2, 0.25) is 10.0 Å². The second-order valence-corrected chi connectivity index (χ2v) is 9.91. The van der Waals surface area contributed by atoms with Gasteiger partial charge in [0.15, 0.2) is 6.54 Å². The minimum Gasteiger partial charge on any atom is -0.333 e. The van der Waals surface area contributed by atoms with Gasteiger partial charge in [-0.25, -0.2) is 13.2 Å². The highest BCUT2D eigenvalue weighted by Gasteiger charge is 2.31. The number of nitrogens with one attached hydrogen (secondary N) is 3. The predicted molar refractivity (Wildman–Crippen MR) is 102 cm³/mol. The van der Waals surface area contributed by atoms with Crippen LogP contribution in [0.2, 0.25) is 5.02 Å². The lowest BCUT2D eigenvalue weighted by Crippen LogP contribution is -3.15. The summed E-state index contributed by atoms with van der Waals surface area (Å²) in [5.74, 6) is -0.391. The van der Waals surface area contributed by atoms with Crippen molar-refractivity contribution in [3.8, 4) is 0 Å². The molecule has 0 spiro atoms. The van der Waals surface area contributed by atoms with Crippen LogP contribution in [-0.4, -0.2) is 62.9 Å². The molecule has 1 heterocycles. The summed E-state index contributed by atoms with van der Waals surface area (Å²) in [6.07, 6.45) is 0. The summed E-state index contributed by atoms with van der Waals surface area (Å²) in [5, 5.41) is 5.33. The first kappa shape index (κ1) is 21.6. The van der Waals surface area contributed by atoms with Gasteiger partial charge in [0.1, 0.15) is 0 Å². The molecule has 8 nitrogen and oxygen atoms in total. The standard InChI is InChI=1S/C17H25ClN4O4S/c1-17(2,3)20-16(24)19-15(23)12-21-7-9-22(10-8-21)27(25,26)14-6-4-5-13(18)11-14/h4-6,11H,7-10,12H2,1-3H3,(H2,19,20,23,24)/p+1. The Bertz CT molecular complexity index is 799. The SMILES string of the molecule is CC(C)(C)NC(=O)NC(=O)C[NH+]1CCN(S(=O)(=O)c2cccc(Cl)c2)CC1. The van der Waals surface area contributed by atoms with Crippen LogP contribution in [0.3, 0.4) is 0 Å². The number of urea groups is 1. The topological polar surface area (TPSA) is 100 Å². The molecule has 1 fully saturated rings. The fourth-order valence-corrected chi connectivity index (χ4v) is 4.51. The number of amides is 3. The Labute approximate surface area is 164 Å². The van der Waals surface area contributed by atoms with Gasteiger partial charge in [-0.15, -0.1) is 0 Å². The Hall–Kier alpha value is -1.68. The van der Waals surface area contributed by atoms with E-state index in [1.54, 1.807) is 12.1 Å². The Kier molecular flexibility index (Phi) is 6.85. The smallest absolute Gasteiger partial charge is 0.322 e. The normalized spacial score (nSPS) is 16.7. The number of quaternary nitrogens is 1. The summed E-state index contributed by atoms with van der Waals surface area (Å²) in [6.45, 7) is 7.13. The molecule has 0 radical (unpaired) electrons. The quantitative estimate of drug-likeness (QED) is 0.634. The number of carbonyl (C=O) groups is 2. The maximum absolute atomic E-state index is 12.7. The number of sulfonamides is 1. The van der Waals surface area contributed by atoms with Gasteiger partial charge < -0.3 is 10.2 Å². The number of carbonyl (C=O) groups excluding carboxylic acids is 2. The lowest BCUT2D eigenvalue weighted by atomic mass is 10.1. The molecule has 1 aliphatic rings. The van der Waals surface area contributed by atoms with Crippen molar-refractivity contribution < 1.29 is 22.9 Å². The number of benzene rings is 1. The average molecular weight is 418 g/mol. The largest absolute Gasteiger partial charge is 0.333 e. The highest BCUT2D eigenvalue weighted by molar-refractivity contribution is 7.89. The van der Waals surface area contributed by atoms with E-state index < -0.39 is 27.5 Å². The fourth-order valence-electron chi connectivity index (χ4n) is 2.77. The summed E-state index contributed by atoms with van der Waals surface area (Å²) in [6, 6.07) is 5.63. The van der Waals surface area contributed by atoms with Crippen molar-refractivity contribution >= 4 is 33.6 Å². The van der Waals surface area contributed by atoms with Gasteiger partial charge in [-0.3, -0.25) is 10.1 Å². The van der Waals surface area contributed by atoms with E-state index in [1.807, 2.05) is 20.8 Å². The third-order valence-corrected chi connectivity index (χ3v) is 6.15. The van der Waals surface area contributed by atoms with E-state index in [-0.39, 0.29) is 11.4 Å². The van der Waals surface area contributed by atoms with E-state index in [2.05, 4.69) is 10.6 Å². The van der Waals surface area contributed by atoms with Crippen LogP contribution in [0.4, 0.5) is 4.79 Å². The summed E-state index contributed by atoms with van der Waals surface area (Å²) in [4.78, 5) is 24.8. The zero-order valence-corrected chi connectivity index (χ0v) is 17.3. The highest BCUT2D eigenvalue weighted by Crippen LogP contribution is 2.19. The maximum atomic E-state index is 12.7. The van der Waals surface area contributed by atoms with Crippen molar-refractivity contribution in [2.45, 2.75) is 31.2 Å². The second-order valence-electron chi connectivity index (χ2n) is 7.54. The average Bonchev–Trinajstić information content (AvgIpc) is 2.53. The first-order chi connectivity index (χ1) is 12.5. The monoisotopic (exact) mass is 417 g/mol. The second kappa shape index (κ2) is 8.55. The van der Waals surface area contributed by atoms with Crippen LogP contribution < -0.4 is 15.5 Å². The van der Waals surface area contributed by atoms with Gasteiger partial charge in [0, 0.05) is 10.6 Å². The molecule has 1 aromatic carbocycles. The van der Waals surface area contributed by atoms with Crippen LogP contribution in [0.25, 0.3) is 0 Å². The molecule has 0 aromatic heterocycles. The molecule has 3 N–H and O–H groups in total. The third kappa shape index (κ3) is 6.46. The van der Waals surface area contributed by atoms with Crippen molar-refractivity contribution in [3.63, 3.8) is 0 Å². The number of rotatable bonds is 4.